The summed E-state index contributed by atoms with van der Waals surface area (Å²) in [6.45, 7) is 0.343. The lowest BCUT2D eigenvalue weighted by atomic mass is 9.95. The lowest BCUT2D eigenvalue weighted by Gasteiger charge is -2.23. The zero-order valence-corrected chi connectivity index (χ0v) is 23.6. The number of hydrogen-bond acceptors (Lipinski definition) is 8. The highest BCUT2D eigenvalue weighted by molar-refractivity contribution is 7.22. The van der Waals surface area contributed by atoms with E-state index in [1.807, 2.05) is 42.5 Å². The number of aromatic nitrogens is 1. The number of thiazole rings is 1. The van der Waals surface area contributed by atoms with Crippen LogP contribution in [0.25, 0.3) is 16.0 Å². The van der Waals surface area contributed by atoms with E-state index in [0.717, 1.165) is 10.3 Å². The smallest absolute Gasteiger partial charge is 0.301 e. The number of methoxy groups -OCH3 is 2. The molecule has 1 N–H and O–H groups in total. The summed E-state index contributed by atoms with van der Waals surface area (Å²) in [5.41, 5.74) is 2.59. The fourth-order valence-electron chi connectivity index (χ4n) is 4.89. The van der Waals surface area contributed by atoms with Crippen LogP contribution in [0.4, 0.5) is 5.13 Å². The largest absolute Gasteiger partial charge is 0.507 e. The molecule has 1 aliphatic heterocycles. The van der Waals surface area contributed by atoms with Gasteiger partial charge < -0.3 is 19.3 Å². The van der Waals surface area contributed by atoms with Crippen molar-refractivity contribution in [2.45, 2.75) is 12.6 Å². The number of benzene rings is 4. The van der Waals surface area contributed by atoms with Crippen molar-refractivity contribution in [2.75, 3.05) is 19.1 Å². The molecule has 0 spiro atoms. The van der Waals surface area contributed by atoms with E-state index in [-0.39, 0.29) is 11.3 Å². The van der Waals surface area contributed by atoms with Crippen LogP contribution < -0.4 is 19.1 Å². The number of carbonyl (C=O) groups is 2. The summed E-state index contributed by atoms with van der Waals surface area (Å²) in [5, 5.41) is 11.8. The van der Waals surface area contributed by atoms with E-state index >= 15 is 0 Å². The highest BCUT2D eigenvalue weighted by atomic mass is 32.1. The Morgan fingerprint density at radius 3 is 2.33 bits per heavy atom. The van der Waals surface area contributed by atoms with Gasteiger partial charge in [0.05, 0.1) is 36.1 Å². The summed E-state index contributed by atoms with van der Waals surface area (Å²) >= 11 is 1.26. The molecular weight excluding hydrogens is 552 g/mol. The summed E-state index contributed by atoms with van der Waals surface area (Å²) in [6.07, 6.45) is 0. The molecule has 0 radical (unpaired) electrons. The third-order valence-electron chi connectivity index (χ3n) is 7.02. The zero-order chi connectivity index (χ0) is 29.2. The van der Waals surface area contributed by atoms with E-state index in [0.29, 0.717) is 45.6 Å². The van der Waals surface area contributed by atoms with E-state index in [4.69, 9.17) is 14.2 Å². The fraction of sp³-hybridized carbons (Fsp3) is 0.121. The molecular formula is C33H26N2O6S. The van der Waals surface area contributed by atoms with Crippen LogP contribution in [0.15, 0.2) is 103 Å². The Balaban J connectivity index is 1.47. The SMILES string of the molecule is COc1ccc(/C(O)=C2\C(=O)C(=O)N(c3nc4ccc(OC)cc4s3)C2c2cccc(OCc3ccccc3)c2)cc1. The Morgan fingerprint density at radius 1 is 0.857 bits per heavy atom. The first-order valence-corrected chi connectivity index (χ1v) is 13.9. The molecule has 5 aromatic rings. The Kier molecular flexibility index (Phi) is 7.33. The number of amides is 1. The molecule has 1 fully saturated rings. The summed E-state index contributed by atoms with van der Waals surface area (Å²) in [4.78, 5) is 33.3. The molecule has 210 valence electrons. The Labute approximate surface area is 246 Å². The van der Waals surface area contributed by atoms with E-state index in [2.05, 4.69) is 4.98 Å². The number of nitrogens with zero attached hydrogens (tertiary/aromatic N) is 2. The van der Waals surface area contributed by atoms with Gasteiger partial charge in [0.15, 0.2) is 5.13 Å². The first-order valence-electron chi connectivity index (χ1n) is 13.1. The molecule has 8 nitrogen and oxygen atoms in total. The third kappa shape index (κ3) is 5.06. The summed E-state index contributed by atoms with van der Waals surface area (Å²) in [6, 6.07) is 28.1. The standard InChI is InChI=1S/C33H26N2O6S/c1-39-23-13-11-21(12-14-23)30(36)28-29(22-9-6-10-25(17-22)41-19-20-7-4-3-5-8-20)35(32(38)31(28)37)33-34-26-16-15-24(40-2)18-27(26)42-33/h3-18,29,36H,19H2,1-2H3/b30-28+. The van der Waals surface area contributed by atoms with Crippen LogP contribution >= 0.6 is 11.3 Å². The number of ether oxygens (including phenoxy) is 3. The number of fused-ring (bicyclic) bond motifs is 1. The van der Waals surface area contributed by atoms with E-state index in [9.17, 15) is 14.7 Å². The number of hydrogen-bond donors (Lipinski definition) is 1. The summed E-state index contributed by atoms with van der Waals surface area (Å²) in [5.74, 6) is -0.0736. The minimum Gasteiger partial charge on any atom is -0.507 e. The molecule has 42 heavy (non-hydrogen) atoms. The van der Waals surface area contributed by atoms with E-state index < -0.39 is 17.7 Å². The van der Waals surface area contributed by atoms with Crippen molar-refractivity contribution in [3.05, 3.63) is 119 Å². The van der Waals surface area contributed by atoms with Gasteiger partial charge >= 0.3 is 5.91 Å². The van der Waals surface area contributed by atoms with Crippen molar-refractivity contribution in [3.8, 4) is 17.2 Å². The lowest BCUT2D eigenvalue weighted by molar-refractivity contribution is -0.132. The maximum Gasteiger partial charge on any atom is 0.301 e. The third-order valence-corrected chi connectivity index (χ3v) is 8.04. The fourth-order valence-corrected chi connectivity index (χ4v) is 5.91. The normalized spacial score (nSPS) is 16.1. The zero-order valence-electron chi connectivity index (χ0n) is 22.8. The molecule has 6 rings (SSSR count). The average molecular weight is 579 g/mol. The molecule has 1 amide bonds. The van der Waals surface area contributed by atoms with Gasteiger partial charge in [0.25, 0.3) is 5.78 Å². The van der Waals surface area contributed by atoms with Crippen molar-refractivity contribution in [3.63, 3.8) is 0 Å². The van der Waals surface area contributed by atoms with Crippen molar-refractivity contribution in [1.82, 2.24) is 4.98 Å². The molecule has 1 aromatic heterocycles. The molecule has 1 aliphatic rings. The van der Waals surface area contributed by atoms with Crippen LogP contribution in [-0.4, -0.2) is 36.0 Å². The monoisotopic (exact) mass is 578 g/mol. The lowest BCUT2D eigenvalue weighted by Crippen LogP contribution is -2.29. The molecule has 1 unspecified atom stereocenters. The number of carbonyl (C=O) groups excluding carboxylic acids is 2. The van der Waals surface area contributed by atoms with Crippen LogP contribution in [0.2, 0.25) is 0 Å². The second kappa shape index (κ2) is 11.4. The van der Waals surface area contributed by atoms with Gasteiger partial charge in [0.2, 0.25) is 0 Å². The van der Waals surface area contributed by atoms with Gasteiger partial charge in [-0.2, -0.15) is 0 Å². The van der Waals surface area contributed by atoms with Crippen LogP contribution in [0, 0.1) is 0 Å². The Hall–Kier alpha value is -5.15. The Bertz CT molecular complexity index is 1810. The Morgan fingerprint density at radius 2 is 1.60 bits per heavy atom. The quantitative estimate of drug-likeness (QED) is 0.127. The highest BCUT2D eigenvalue weighted by Gasteiger charge is 2.48. The number of aliphatic hydroxyl groups excluding tert-OH is 1. The molecule has 4 aromatic carbocycles. The van der Waals surface area contributed by atoms with Crippen molar-refractivity contribution < 1.29 is 28.9 Å². The molecule has 0 bridgehead atoms. The number of rotatable bonds is 8. The second-order valence-electron chi connectivity index (χ2n) is 9.57. The first-order chi connectivity index (χ1) is 20.5. The van der Waals surface area contributed by atoms with Crippen molar-refractivity contribution >= 4 is 44.1 Å². The van der Waals surface area contributed by atoms with Crippen LogP contribution in [-0.2, 0) is 16.2 Å². The minimum absolute atomic E-state index is 0.0396. The minimum atomic E-state index is -0.949. The molecule has 0 aliphatic carbocycles. The number of aliphatic hydroxyl groups is 1. The molecule has 1 atom stereocenters. The maximum atomic E-state index is 13.7. The van der Waals surface area contributed by atoms with Gasteiger partial charge in [-0.25, -0.2) is 4.98 Å². The highest BCUT2D eigenvalue weighted by Crippen LogP contribution is 2.45. The van der Waals surface area contributed by atoms with Crippen molar-refractivity contribution in [1.29, 1.82) is 0 Å². The number of ketones is 1. The number of anilines is 1. The van der Waals surface area contributed by atoms with E-state index in [1.54, 1.807) is 68.8 Å². The molecule has 1 saturated heterocycles. The second-order valence-corrected chi connectivity index (χ2v) is 10.6. The van der Waals surface area contributed by atoms with E-state index in [1.165, 1.54) is 16.2 Å². The van der Waals surface area contributed by atoms with Crippen LogP contribution in [0.5, 0.6) is 17.2 Å². The predicted octanol–water partition coefficient (Wildman–Crippen LogP) is 6.52. The topological polar surface area (TPSA) is 98.2 Å². The van der Waals surface area contributed by atoms with Gasteiger partial charge in [-0.3, -0.25) is 14.5 Å². The first kappa shape index (κ1) is 27.0. The molecule has 2 heterocycles. The van der Waals surface area contributed by atoms with Gasteiger partial charge in [-0.05, 0) is 65.7 Å². The molecule has 9 heteroatoms. The average Bonchev–Trinajstić information content (AvgIpc) is 3.57. The summed E-state index contributed by atoms with van der Waals surface area (Å²) < 4.78 is 17.4. The van der Waals surface area contributed by atoms with Gasteiger partial charge in [-0.1, -0.05) is 53.8 Å². The van der Waals surface area contributed by atoms with Crippen LogP contribution in [0.1, 0.15) is 22.7 Å². The predicted molar refractivity (Wildman–Crippen MR) is 161 cm³/mol. The van der Waals surface area contributed by atoms with Crippen LogP contribution in [0.3, 0.4) is 0 Å². The van der Waals surface area contributed by atoms with Gasteiger partial charge in [-0.15, -0.1) is 0 Å². The van der Waals surface area contributed by atoms with Gasteiger partial charge in [0.1, 0.15) is 29.6 Å². The van der Waals surface area contributed by atoms with Crippen molar-refractivity contribution in [2.24, 2.45) is 0 Å². The molecule has 0 saturated carbocycles. The maximum absolute atomic E-state index is 13.7. The van der Waals surface area contributed by atoms with Gasteiger partial charge in [0, 0.05) is 5.56 Å². The summed E-state index contributed by atoms with van der Waals surface area (Å²) in [7, 11) is 3.12. The number of Topliss-reactive ketones (excluding diaryl/α,β-unsaturated/α-hetero) is 1.